The van der Waals surface area contributed by atoms with Crippen molar-refractivity contribution >= 4 is 23.2 Å². The maximum atomic E-state index is 12.9. The summed E-state index contributed by atoms with van der Waals surface area (Å²) in [6, 6.07) is 1.99. The third-order valence-corrected chi connectivity index (χ3v) is 6.12. The smallest absolute Gasteiger partial charge is 0.264 e. The Labute approximate surface area is 141 Å². The van der Waals surface area contributed by atoms with Gasteiger partial charge in [0.05, 0.1) is 10.4 Å². The van der Waals surface area contributed by atoms with Gasteiger partial charge in [-0.1, -0.05) is 6.08 Å². The highest BCUT2D eigenvalue weighted by atomic mass is 32.1. The molecule has 1 aromatic rings. The molecule has 2 aliphatic rings. The number of likely N-dealkylation sites (tertiary alicyclic amines) is 2. The molecule has 2 saturated heterocycles. The second-order valence-corrected chi connectivity index (χ2v) is 7.55. The van der Waals surface area contributed by atoms with Crippen molar-refractivity contribution < 1.29 is 9.59 Å². The Morgan fingerprint density at radius 3 is 2.91 bits per heavy atom. The Hall–Kier alpha value is -1.62. The molecule has 1 spiro atoms. The Balaban J connectivity index is 1.84. The zero-order valence-corrected chi connectivity index (χ0v) is 14.5. The third-order valence-electron chi connectivity index (χ3n) is 5.12. The van der Waals surface area contributed by atoms with Crippen LogP contribution in [0.3, 0.4) is 0 Å². The molecule has 0 unspecified atom stereocenters. The fraction of sp³-hybridized carbons (Fsp3) is 0.556. The third kappa shape index (κ3) is 2.94. The molecule has 0 radical (unpaired) electrons. The van der Waals surface area contributed by atoms with Crippen LogP contribution >= 0.6 is 11.3 Å². The molecule has 5 heteroatoms. The van der Waals surface area contributed by atoms with Gasteiger partial charge in [0.25, 0.3) is 5.91 Å². The van der Waals surface area contributed by atoms with Gasteiger partial charge in [-0.25, -0.2) is 0 Å². The zero-order valence-electron chi connectivity index (χ0n) is 13.7. The van der Waals surface area contributed by atoms with Gasteiger partial charge in [0.15, 0.2) is 0 Å². The topological polar surface area (TPSA) is 40.6 Å². The predicted molar refractivity (Wildman–Crippen MR) is 92.7 cm³/mol. The van der Waals surface area contributed by atoms with Crippen LogP contribution in [0.4, 0.5) is 0 Å². The van der Waals surface area contributed by atoms with Gasteiger partial charge in [-0.15, -0.1) is 17.9 Å². The highest BCUT2D eigenvalue weighted by Gasteiger charge is 2.45. The van der Waals surface area contributed by atoms with Crippen molar-refractivity contribution in [2.45, 2.75) is 44.6 Å². The van der Waals surface area contributed by atoms with Crippen LogP contribution in [0.2, 0.25) is 0 Å². The minimum Gasteiger partial charge on any atom is -0.336 e. The highest BCUT2D eigenvalue weighted by molar-refractivity contribution is 7.12. The molecule has 2 amide bonds. The van der Waals surface area contributed by atoms with E-state index in [2.05, 4.69) is 6.58 Å². The zero-order chi connectivity index (χ0) is 16.4. The molecular weight excluding hydrogens is 308 g/mol. The average Bonchev–Trinajstić information content (AvgIpc) is 2.97. The van der Waals surface area contributed by atoms with Gasteiger partial charge in [-0.05, 0) is 49.6 Å². The maximum absolute atomic E-state index is 12.9. The number of piperidine rings is 2. The summed E-state index contributed by atoms with van der Waals surface area (Å²) in [4.78, 5) is 30.0. The SMILES string of the molecule is C=CCN1C(=O)CCC[C@]12CCCN(C(=O)c1sccc1C)C2. The molecule has 2 aliphatic heterocycles. The molecule has 4 nitrogen and oxygen atoms in total. The number of carbonyl (C=O) groups is 2. The fourth-order valence-corrected chi connectivity index (χ4v) is 4.87. The van der Waals surface area contributed by atoms with Gasteiger partial charge in [-0.3, -0.25) is 9.59 Å². The lowest BCUT2D eigenvalue weighted by Gasteiger charge is -2.51. The van der Waals surface area contributed by atoms with E-state index in [0.29, 0.717) is 19.5 Å². The quantitative estimate of drug-likeness (QED) is 0.797. The van der Waals surface area contributed by atoms with E-state index in [0.717, 1.165) is 42.7 Å². The number of nitrogens with zero attached hydrogens (tertiary/aromatic N) is 2. The number of amides is 2. The normalized spacial score (nSPS) is 25.0. The minimum absolute atomic E-state index is 0.119. The van der Waals surface area contributed by atoms with Crippen LogP contribution in [0.5, 0.6) is 0 Å². The van der Waals surface area contributed by atoms with Crippen LogP contribution in [-0.4, -0.2) is 46.8 Å². The number of hydrogen-bond donors (Lipinski definition) is 0. The second-order valence-electron chi connectivity index (χ2n) is 6.63. The molecule has 2 fully saturated rings. The largest absolute Gasteiger partial charge is 0.336 e. The number of thiophene rings is 1. The summed E-state index contributed by atoms with van der Waals surface area (Å²) < 4.78 is 0. The van der Waals surface area contributed by atoms with E-state index >= 15 is 0 Å². The van der Waals surface area contributed by atoms with Crippen molar-refractivity contribution in [3.63, 3.8) is 0 Å². The number of carbonyl (C=O) groups excluding carboxylic acids is 2. The van der Waals surface area contributed by atoms with Crippen LogP contribution in [0.25, 0.3) is 0 Å². The first-order valence-corrected chi connectivity index (χ1v) is 9.20. The first kappa shape index (κ1) is 16.2. The number of rotatable bonds is 3. The standard InChI is InChI=1S/C18H24N2O2S/c1-3-10-20-15(21)6-4-8-18(20)9-5-11-19(13-18)17(22)16-14(2)7-12-23-16/h3,7,12H,1,4-6,8-11,13H2,2H3/t18-/m1/s1. The van der Waals surface area contributed by atoms with Crippen molar-refractivity contribution in [3.8, 4) is 0 Å². The molecule has 0 aliphatic carbocycles. The maximum Gasteiger partial charge on any atom is 0.264 e. The van der Waals surface area contributed by atoms with Crippen molar-refractivity contribution in [2.24, 2.45) is 0 Å². The predicted octanol–water partition coefficient (Wildman–Crippen LogP) is 3.23. The summed E-state index contributed by atoms with van der Waals surface area (Å²) in [7, 11) is 0. The minimum atomic E-state index is -0.192. The summed E-state index contributed by atoms with van der Waals surface area (Å²) >= 11 is 1.51. The molecule has 1 atom stereocenters. The molecule has 1 aromatic heterocycles. The lowest BCUT2D eigenvalue weighted by atomic mass is 9.79. The van der Waals surface area contributed by atoms with Crippen LogP contribution in [0, 0.1) is 6.92 Å². The summed E-state index contributed by atoms with van der Waals surface area (Å²) in [6.07, 6.45) is 6.27. The van der Waals surface area contributed by atoms with Gasteiger partial charge in [0, 0.05) is 26.1 Å². The molecule has 124 valence electrons. The molecule has 0 saturated carbocycles. The second kappa shape index (κ2) is 6.48. The first-order valence-electron chi connectivity index (χ1n) is 8.32. The lowest BCUT2D eigenvalue weighted by molar-refractivity contribution is -0.143. The summed E-state index contributed by atoms with van der Waals surface area (Å²) in [6.45, 7) is 7.81. The summed E-state index contributed by atoms with van der Waals surface area (Å²) in [5.74, 6) is 0.325. The Morgan fingerprint density at radius 1 is 1.43 bits per heavy atom. The molecule has 0 bridgehead atoms. The molecule has 23 heavy (non-hydrogen) atoms. The number of aryl methyl sites for hydroxylation is 1. The number of hydrogen-bond acceptors (Lipinski definition) is 3. The molecular formula is C18H24N2O2S. The van der Waals surface area contributed by atoms with Gasteiger partial charge in [0.2, 0.25) is 5.91 Å². The van der Waals surface area contributed by atoms with Crippen LogP contribution < -0.4 is 0 Å². The average molecular weight is 332 g/mol. The fourth-order valence-electron chi connectivity index (χ4n) is 3.97. The lowest BCUT2D eigenvalue weighted by Crippen LogP contribution is -2.63. The van der Waals surface area contributed by atoms with Crippen molar-refractivity contribution in [3.05, 3.63) is 34.5 Å². The highest BCUT2D eigenvalue weighted by Crippen LogP contribution is 2.37. The van der Waals surface area contributed by atoms with E-state index in [1.54, 1.807) is 6.08 Å². The van der Waals surface area contributed by atoms with Crippen molar-refractivity contribution in [2.75, 3.05) is 19.6 Å². The van der Waals surface area contributed by atoms with Crippen LogP contribution in [-0.2, 0) is 4.79 Å². The Kier molecular flexibility index (Phi) is 4.57. The van der Waals surface area contributed by atoms with E-state index in [4.69, 9.17) is 0 Å². The van der Waals surface area contributed by atoms with E-state index < -0.39 is 0 Å². The van der Waals surface area contributed by atoms with Crippen molar-refractivity contribution in [1.82, 2.24) is 9.80 Å². The summed E-state index contributed by atoms with van der Waals surface area (Å²) in [5, 5.41) is 1.97. The van der Waals surface area contributed by atoms with Gasteiger partial charge in [0.1, 0.15) is 0 Å². The monoisotopic (exact) mass is 332 g/mol. The van der Waals surface area contributed by atoms with Gasteiger partial charge in [-0.2, -0.15) is 0 Å². The van der Waals surface area contributed by atoms with Gasteiger partial charge < -0.3 is 9.80 Å². The van der Waals surface area contributed by atoms with E-state index in [1.165, 1.54) is 11.3 Å². The summed E-state index contributed by atoms with van der Waals surface area (Å²) in [5.41, 5.74) is 0.852. The van der Waals surface area contributed by atoms with Crippen LogP contribution in [0.15, 0.2) is 24.1 Å². The Morgan fingerprint density at radius 2 is 2.22 bits per heavy atom. The van der Waals surface area contributed by atoms with E-state index in [9.17, 15) is 9.59 Å². The van der Waals surface area contributed by atoms with E-state index in [-0.39, 0.29) is 17.4 Å². The molecule has 3 rings (SSSR count). The molecule has 0 N–H and O–H groups in total. The van der Waals surface area contributed by atoms with Crippen molar-refractivity contribution in [1.29, 1.82) is 0 Å². The Bertz CT molecular complexity index is 620. The van der Waals surface area contributed by atoms with E-state index in [1.807, 2.05) is 28.2 Å². The first-order chi connectivity index (χ1) is 11.1. The van der Waals surface area contributed by atoms with Crippen LogP contribution in [0.1, 0.15) is 47.3 Å². The molecule has 0 aromatic carbocycles. The van der Waals surface area contributed by atoms with Gasteiger partial charge >= 0.3 is 0 Å². The molecule has 3 heterocycles.